The molecule has 0 radical (unpaired) electrons. The third kappa shape index (κ3) is 4.15. The second-order valence-corrected chi connectivity index (χ2v) is 5.68. The lowest BCUT2D eigenvalue weighted by Crippen LogP contribution is -2.34. The number of aromatic nitrogens is 2. The lowest BCUT2D eigenvalue weighted by Gasteiger charge is -2.23. The molecular weight excluding hydrogens is 317 g/mol. The molecule has 1 atom stereocenters. The Labute approximate surface area is 118 Å². The Morgan fingerprint density at radius 1 is 1.52 bits per heavy atom. The van der Waals surface area contributed by atoms with Gasteiger partial charge in [0.25, 0.3) is 10.0 Å². The van der Waals surface area contributed by atoms with Gasteiger partial charge in [-0.3, -0.25) is 4.68 Å². The lowest BCUT2D eigenvalue weighted by molar-refractivity contribution is -0.240. The van der Waals surface area contributed by atoms with Crippen molar-refractivity contribution >= 4 is 16.0 Å². The monoisotopic (exact) mass is 330 g/mol. The zero-order valence-electron chi connectivity index (χ0n) is 11.2. The highest BCUT2D eigenvalue weighted by atomic mass is 32.2. The van der Waals surface area contributed by atoms with Crippen LogP contribution in [0.2, 0.25) is 0 Å². The first-order valence-electron chi connectivity index (χ1n) is 5.42. The lowest BCUT2D eigenvalue weighted by atomic mass is 10.2. The summed E-state index contributed by atoms with van der Waals surface area (Å²) in [6, 6.07) is 0.196. The molecule has 1 aromatic rings. The Kier molecular flexibility index (Phi) is 4.65. The number of carbonyl (C=O) groups excluding carboxylic acids is 1. The largest absolute Gasteiger partial charge is 0.492 e. The van der Waals surface area contributed by atoms with E-state index in [-0.39, 0.29) is 5.69 Å². The third-order valence-electron chi connectivity index (χ3n) is 2.62. The van der Waals surface area contributed by atoms with Gasteiger partial charge in [-0.2, -0.15) is 18.3 Å². The van der Waals surface area contributed by atoms with Gasteiger partial charge in [0.1, 0.15) is 0 Å². The van der Waals surface area contributed by atoms with E-state index >= 15 is 0 Å². The van der Waals surface area contributed by atoms with Crippen molar-refractivity contribution in [2.45, 2.75) is 24.2 Å². The van der Waals surface area contributed by atoms with E-state index < -0.39 is 33.2 Å². The highest BCUT2D eigenvalue weighted by Crippen LogP contribution is 2.23. The smallest absolute Gasteiger partial charge is 0.360 e. The van der Waals surface area contributed by atoms with Gasteiger partial charge in [-0.1, -0.05) is 0 Å². The standard InChI is InChI=1S/C9H13F3N4O4S/c1-5(16(3)20-8(17)9(10,11)12)6-4-7(14-15(6)2)21(13,18)19/h4-5H,1-3H3,(H2,13,18,19). The minimum atomic E-state index is -5.13. The van der Waals surface area contributed by atoms with Crippen molar-refractivity contribution in [3.05, 3.63) is 11.8 Å². The summed E-state index contributed by atoms with van der Waals surface area (Å²) in [6.45, 7) is 1.40. The van der Waals surface area contributed by atoms with E-state index in [1.807, 2.05) is 0 Å². The van der Waals surface area contributed by atoms with E-state index in [1.54, 1.807) is 0 Å². The Morgan fingerprint density at radius 2 is 2.05 bits per heavy atom. The van der Waals surface area contributed by atoms with Crippen molar-refractivity contribution < 1.29 is 31.2 Å². The first-order valence-corrected chi connectivity index (χ1v) is 6.97. The van der Waals surface area contributed by atoms with E-state index in [0.29, 0.717) is 5.06 Å². The van der Waals surface area contributed by atoms with Crippen LogP contribution in [0.1, 0.15) is 18.7 Å². The number of primary sulfonamides is 1. The van der Waals surface area contributed by atoms with Crippen molar-refractivity contribution in [3.63, 3.8) is 0 Å². The maximum Gasteiger partial charge on any atom is 0.492 e. The molecule has 0 spiro atoms. The topological polar surface area (TPSA) is 108 Å². The summed E-state index contributed by atoms with van der Waals surface area (Å²) in [5.41, 5.74) is 0.191. The van der Waals surface area contributed by atoms with Crippen LogP contribution in [0.15, 0.2) is 11.1 Å². The first kappa shape index (κ1) is 17.4. The van der Waals surface area contributed by atoms with Crippen LogP contribution in [-0.2, 0) is 26.7 Å². The number of nitrogens with zero attached hydrogens (tertiary/aromatic N) is 3. The SMILES string of the molecule is CC(c1cc(S(N)(=O)=O)nn1C)N(C)OC(=O)C(F)(F)F. The number of hydrogen-bond acceptors (Lipinski definition) is 6. The van der Waals surface area contributed by atoms with Crippen molar-refractivity contribution in [2.24, 2.45) is 12.2 Å². The van der Waals surface area contributed by atoms with Crippen LogP contribution in [-0.4, -0.2) is 42.5 Å². The number of sulfonamides is 1. The van der Waals surface area contributed by atoms with E-state index in [1.165, 1.54) is 14.0 Å². The quantitative estimate of drug-likeness (QED) is 0.784. The number of alkyl halides is 3. The molecular formula is C9H13F3N4O4S. The third-order valence-corrected chi connectivity index (χ3v) is 3.40. The van der Waals surface area contributed by atoms with Gasteiger partial charge in [0.15, 0.2) is 5.03 Å². The van der Waals surface area contributed by atoms with Gasteiger partial charge in [-0.05, 0) is 6.92 Å². The summed E-state index contributed by atoms with van der Waals surface area (Å²) in [5, 5.41) is 8.73. The molecule has 1 heterocycles. The molecule has 0 aliphatic rings. The van der Waals surface area contributed by atoms with Crippen LogP contribution < -0.4 is 5.14 Å². The summed E-state index contributed by atoms with van der Waals surface area (Å²) in [5.74, 6) is -2.38. The van der Waals surface area contributed by atoms with Gasteiger partial charge in [-0.25, -0.2) is 18.4 Å². The molecule has 0 bridgehead atoms. The number of nitrogens with two attached hydrogens (primary N) is 1. The molecule has 8 nitrogen and oxygen atoms in total. The molecule has 1 aromatic heterocycles. The highest BCUT2D eigenvalue weighted by molar-refractivity contribution is 7.89. The molecule has 0 amide bonds. The van der Waals surface area contributed by atoms with Gasteiger partial charge >= 0.3 is 12.1 Å². The minimum absolute atomic E-state index is 0.191. The van der Waals surface area contributed by atoms with Crippen LogP contribution in [0.3, 0.4) is 0 Å². The Morgan fingerprint density at radius 3 is 2.43 bits per heavy atom. The van der Waals surface area contributed by atoms with Crippen molar-refractivity contribution in [1.29, 1.82) is 0 Å². The van der Waals surface area contributed by atoms with Gasteiger partial charge in [0, 0.05) is 20.2 Å². The number of aryl methyl sites for hydroxylation is 1. The summed E-state index contributed by atoms with van der Waals surface area (Å²) in [4.78, 5) is 14.9. The second kappa shape index (κ2) is 5.61. The maximum atomic E-state index is 12.1. The Bertz CT molecular complexity index is 640. The molecule has 0 aliphatic carbocycles. The predicted molar refractivity (Wildman–Crippen MR) is 62.9 cm³/mol. The van der Waals surface area contributed by atoms with E-state index in [4.69, 9.17) is 5.14 Å². The molecule has 0 saturated heterocycles. The molecule has 0 aliphatic heterocycles. The maximum absolute atomic E-state index is 12.1. The van der Waals surface area contributed by atoms with Gasteiger partial charge in [0.05, 0.1) is 11.7 Å². The van der Waals surface area contributed by atoms with Crippen LogP contribution in [0.25, 0.3) is 0 Å². The average molecular weight is 330 g/mol. The molecule has 120 valence electrons. The molecule has 21 heavy (non-hydrogen) atoms. The first-order chi connectivity index (χ1) is 9.34. The molecule has 12 heteroatoms. The Balaban J connectivity index is 2.96. The molecule has 0 saturated carbocycles. The number of hydrogen-bond donors (Lipinski definition) is 1. The fourth-order valence-corrected chi connectivity index (χ4v) is 1.95. The average Bonchev–Trinajstić information content (AvgIpc) is 2.68. The zero-order valence-corrected chi connectivity index (χ0v) is 12.1. The second-order valence-electron chi connectivity index (χ2n) is 4.17. The zero-order chi connectivity index (χ0) is 16.6. The highest BCUT2D eigenvalue weighted by Gasteiger charge is 2.42. The van der Waals surface area contributed by atoms with Crippen LogP contribution in [0, 0.1) is 0 Å². The molecule has 1 unspecified atom stereocenters. The van der Waals surface area contributed by atoms with Crippen LogP contribution in [0.5, 0.6) is 0 Å². The number of halogens is 3. The molecule has 2 N–H and O–H groups in total. The fourth-order valence-electron chi connectivity index (χ4n) is 1.43. The molecule has 0 fully saturated rings. The van der Waals surface area contributed by atoms with E-state index in [0.717, 1.165) is 17.8 Å². The summed E-state index contributed by atoms with van der Waals surface area (Å²) >= 11 is 0. The number of rotatable bonds is 4. The fraction of sp³-hybridized carbons (Fsp3) is 0.556. The normalized spacial score (nSPS) is 14.3. The van der Waals surface area contributed by atoms with E-state index in [2.05, 4.69) is 9.94 Å². The number of hydroxylamine groups is 2. The summed E-state index contributed by atoms with van der Waals surface area (Å²) < 4.78 is 59.7. The van der Waals surface area contributed by atoms with Crippen molar-refractivity contribution in [1.82, 2.24) is 14.8 Å². The van der Waals surface area contributed by atoms with Gasteiger partial charge in [0.2, 0.25) is 0 Å². The van der Waals surface area contributed by atoms with Crippen molar-refractivity contribution in [3.8, 4) is 0 Å². The van der Waals surface area contributed by atoms with Crippen molar-refractivity contribution in [2.75, 3.05) is 7.05 Å². The Hall–Kier alpha value is -1.66. The van der Waals surface area contributed by atoms with Crippen LogP contribution >= 0.6 is 0 Å². The predicted octanol–water partition coefficient (Wildman–Crippen LogP) is 0.0808. The summed E-state index contributed by atoms with van der Waals surface area (Å²) in [6.07, 6.45) is -5.13. The molecule has 0 aromatic carbocycles. The van der Waals surface area contributed by atoms with Gasteiger partial charge < -0.3 is 4.84 Å². The van der Waals surface area contributed by atoms with E-state index in [9.17, 15) is 26.4 Å². The minimum Gasteiger partial charge on any atom is -0.360 e. The summed E-state index contributed by atoms with van der Waals surface area (Å²) in [7, 11) is -1.58. The van der Waals surface area contributed by atoms with Crippen LogP contribution in [0.4, 0.5) is 13.2 Å². The van der Waals surface area contributed by atoms with Gasteiger partial charge in [-0.15, -0.1) is 5.06 Å². The number of carbonyl (C=O) groups is 1. The molecule has 1 rings (SSSR count).